The number of benzene rings is 1. The van der Waals surface area contributed by atoms with E-state index in [1.807, 2.05) is 30.3 Å². The first-order chi connectivity index (χ1) is 12.2. The van der Waals surface area contributed by atoms with Crippen LogP contribution in [0.2, 0.25) is 0 Å². The summed E-state index contributed by atoms with van der Waals surface area (Å²) in [6.07, 6.45) is 4.59. The van der Waals surface area contributed by atoms with Gasteiger partial charge in [-0.15, -0.1) is 23.2 Å². The van der Waals surface area contributed by atoms with Crippen molar-refractivity contribution in [1.82, 2.24) is 9.97 Å². The normalized spacial score (nSPS) is 15.2. The lowest BCUT2D eigenvalue weighted by molar-refractivity contribution is 0.318. The molecule has 3 rings (SSSR count). The summed E-state index contributed by atoms with van der Waals surface area (Å²) in [5.41, 5.74) is 0.918. The van der Waals surface area contributed by atoms with Crippen LogP contribution in [0.1, 0.15) is 19.3 Å². The van der Waals surface area contributed by atoms with Crippen molar-refractivity contribution < 1.29 is 4.74 Å². The van der Waals surface area contributed by atoms with E-state index in [-0.39, 0.29) is 5.38 Å². The third kappa shape index (κ3) is 5.38. The molecule has 0 saturated carbocycles. The molecule has 0 spiro atoms. The highest BCUT2D eigenvalue weighted by Crippen LogP contribution is 2.23. The first kappa shape index (κ1) is 18.1. The van der Waals surface area contributed by atoms with Gasteiger partial charge >= 0.3 is 0 Å². The molecule has 0 bridgehead atoms. The second kappa shape index (κ2) is 9.11. The number of alkyl halides is 2. The van der Waals surface area contributed by atoms with Gasteiger partial charge in [0, 0.05) is 36.2 Å². The number of nitrogens with zero attached hydrogens (tertiary/aromatic N) is 3. The molecule has 1 N–H and O–H groups in total. The molecule has 0 amide bonds. The average Bonchev–Trinajstić information content (AvgIpc) is 2.64. The van der Waals surface area contributed by atoms with Crippen molar-refractivity contribution in [3.05, 3.63) is 36.5 Å². The van der Waals surface area contributed by atoms with Crippen LogP contribution in [0.3, 0.4) is 0 Å². The minimum atomic E-state index is 0.279. The van der Waals surface area contributed by atoms with Crippen LogP contribution in [-0.2, 0) is 0 Å². The summed E-state index contributed by atoms with van der Waals surface area (Å²) in [6, 6.07) is 9.68. The molecule has 0 atom stereocenters. The fourth-order valence-corrected chi connectivity index (χ4v) is 2.98. The van der Waals surface area contributed by atoms with Gasteiger partial charge in [0.2, 0.25) is 5.95 Å². The van der Waals surface area contributed by atoms with Crippen LogP contribution in [0.4, 0.5) is 17.5 Å². The second-order valence-electron chi connectivity index (χ2n) is 5.94. The molecule has 1 aliphatic heterocycles. The number of anilines is 3. The van der Waals surface area contributed by atoms with E-state index in [0.717, 1.165) is 49.6 Å². The molecule has 1 aliphatic rings. The topological polar surface area (TPSA) is 50.3 Å². The average molecular weight is 381 g/mol. The molecule has 1 aromatic heterocycles. The number of aromatic nitrogens is 2. The van der Waals surface area contributed by atoms with Crippen LogP contribution in [0.15, 0.2) is 36.5 Å². The Morgan fingerprint density at radius 1 is 1.16 bits per heavy atom. The molecule has 1 aromatic carbocycles. The lowest BCUT2D eigenvalue weighted by Gasteiger charge is -2.30. The van der Waals surface area contributed by atoms with Crippen LogP contribution < -0.4 is 15.0 Å². The van der Waals surface area contributed by atoms with Crippen molar-refractivity contribution in [2.24, 2.45) is 0 Å². The molecular formula is C18H22Cl2N4O. The van der Waals surface area contributed by atoms with Crippen LogP contribution in [0.25, 0.3) is 0 Å². The highest BCUT2D eigenvalue weighted by Gasteiger charge is 2.18. The quantitative estimate of drug-likeness (QED) is 0.568. The Morgan fingerprint density at radius 2 is 1.92 bits per heavy atom. The molecule has 25 heavy (non-hydrogen) atoms. The summed E-state index contributed by atoms with van der Waals surface area (Å²) in [5, 5.41) is 3.51. The van der Waals surface area contributed by atoms with Crippen LogP contribution in [0.5, 0.6) is 5.75 Å². The number of ether oxygens (including phenoxy) is 1. The van der Waals surface area contributed by atoms with E-state index in [4.69, 9.17) is 27.9 Å². The number of nitrogens with one attached hydrogen (secondary N) is 1. The fraction of sp³-hybridized carbons (Fsp3) is 0.444. The summed E-state index contributed by atoms with van der Waals surface area (Å²) < 4.78 is 5.60. The summed E-state index contributed by atoms with van der Waals surface area (Å²) in [6.45, 7) is 2.48. The Kier molecular flexibility index (Phi) is 6.59. The van der Waals surface area contributed by atoms with Gasteiger partial charge in [0.1, 0.15) is 11.6 Å². The summed E-state index contributed by atoms with van der Waals surface area (Å²) >= 11 is 11.8. The Bertz CT molecular complexity index is 660. The molecule has 134 valence electrons. The second-order valence-corrected chi connectivity index (χ2v) is 6.94. The van der Waals surface area contributed by atoms with Crippen molar-refractivity contribution in [2.75, 3.05) is 35.8 Å². The van der Waals surface area contributed by atoms with Gasteiger partial charge in [-0.2, -0.15) is 4.98 Å². The molecular weight excluding hydrogens is 359 g/mol. The molecule has 1 fully saturated rings. The molecule has 0 aliphatic carbocycles. The smallest absolute Gasteiger partial charge is 0.229 e. The minimum absolute atomic E-state index is 0.279. The van der Waals surface area contributed by atoms with Crippen molar-refractivity contribution in [3.8, 4) is 5.75 Å². The zero-order chi connectivity index (χ0) is 17.5. The molecule has 2 aromatic rings. The molecule has 1 saturated heterocycles. The zero-order valence-electron chi connectivity index (χ0n) is 14.0. The maximum Gasteiger partial charge on any atom is 0.229 e. The minimum Gasteiger partial charge on any atom is -0.494 e. The molecule has 2 heterocycles. The maximum absolute atomic E-state index is 6.17. The van der Waals surface area contributed by atoms with Gasteiger partial charge in [-0.05, 0) is 49.6 Å². The standard InChI is InChI=1S/C18H22Cl2N4O/c19-9-1-13-25-16-4-2-15(3-5-16)22-18-21-10-6-17(23-18)24-11-7-14(20)8-12-24/h2-6,10,14H,1,7-9,11-13H2,(H,21,22,23). The largest absolute Gasteiger partial charge is 0.494 e. The lowest BCUT2D eigenvalue weighted by atomic mass is 10.1. The number of hydrogen-bond acceptors (Lipinski definition) is 5. The van der Waals surface area contributed by atoms with E-state index in [1.165, 1.54) is 0 Å². The summed E-state index contributed by atoms with van der Waals surface area (Å²) in [7, 11) is 0. The van der Waals surface area contributed by atoms with E-state index in [1.54, 1.807) is 6.20 Å². The van der Waals surface area contributed by atoms with Crippen molar-refractivity contribution >= 4 is 40.7 Å². The van der Waals surface area contributed by atoms with E-state index < -0.39 is 0 Å². The van der Waals surface area contributed by atoms with Gasteiger partial charge < -0.3 is 15.0 Å². The number of piperidine rings is 1. The predicted molar refractivity (Wildman–Crippen MR) is 104 cm³/mol. The molecule has 0 unspecified atom stereocenters. The predicted octanol–water partition coefficient (Wildman–Crippen LogP) is 4.44. The third-order valence-electron chi connectivity index (χ3n) is 4.05. The molecule has 5 nitrogen and oxygen atoms in total. The highest BCUT2D eigenvalue weighted by molar-refractivity contribution is 6.20. The SMILES string of the molecule is ClCCCOc1ccc(Nc2nccc(N3CCC(Cl)CC3)n2)cc1. The summed E-state index contributed by atoms with van der Waals surface area (Å²) in [5.74, 6) is 2.95. The van der Waals surface area contributed by atoms with Gasteiger partial charge in [0.25, 0.3) is 0 Å². The van der Waals surface area contributed by atoms with Gasteiger partial charge in [-0.3, -0.25) is 0 Å². The van der Waals surface area contributed by atoms with Gasteiger partial charge in [-0.1, -0.05) is 0 Å². The maximum atomic E-state index is 6.17. The van der Waals surface area contributed by atoms with Gasteiger partial charge in [0.15, 0.2) is 0 Å². The lowest BCUT2D eigenvalue weighted by Crippen LogP contribution is -2.34. The van der Waals surface area contributed by atoms with Crippen molar-refractivity contribution in [2.45, 2.75) is 24.6 Å². The van der Waals surface area contributed by atoms with Crippen LogP contribution in [0, 0.1) is 0 Å². The Labute approximate surface area is 158 Å². The first-order valence-electron chi connectivity index (χ1n) is 8.52. The highest BCUT2D eigenvalue weighted by atomic mass is 35.5. The Balaban J connectivity index is 1.60. The summed E-state index contributed by atoms with van der Waals surface area (Å²) in [4.78, 5) is 11.2. The van der Waals surface area contributed by atoms with Crippen LogP contribution >= 0.6 is 23.2 Å². The van der Waals surface area contributed by atoms with E-state index in [9.17, 15) is 0 Å². The fourth-order valence-electron chi connectivity index (χ4n) is 2.67. The number of halogens is 2. The van der Waals surface area contributed by atoms with Crippen molar-refractivity contribution in [3.63, 3.8) is 0 Å². The Morgan fingerprint density at radius 3 is 2.64 bits per heavy atom. The Hall–Kier alpha value is -1.72. The number of rotatable bonds is 7. The zero-order valence-corrected chi connectivity index (χ0v) is 15.5. The first-order valence-corrected chi connectivity index (χ1v) is 9.49. The monoisotopic (exact) mass is 380 g/mol. The van der Waals surface area contributed by atoms with Gasteiger partial charge in [0.05, 0.1) is 6.61 Å². The molecule has 0 radical (unpaired) electrons. The van der Waals surface area contributed by atoms with Gasteiger partial charge in [-0.25, -0.2) is 4.98 Å². The van der Waals surface area contributed by atoms with E-state index >= 15 is 0 Å². The third-order valence-corrected chi connectivity index (χ3v) is 4.75. The number of hydrogen-bond donors (Lipinski definition) is 1. The van der Waals surface area contributed by atoms with E-state index in [0.29, 0.717) is 18.4 Å². The van der Waals surface area contributed by atoms with Crippen LogP contribution in [-0.4, -0.2) is 40.9 Å². The van der Waals surface area contributed by atoms with E-state index in [2.05, 4.69) is 20.2 Å². The van der Waals surface area contributed by atoms with Crippen molar-refractivity contribution in [1.29, 1.82) is 0 Å². The molecule has 7 heteroatoms.